The van der Waals surface area contributed by atoms with E-state index in [0.29, 0.717) is 84.3 Å². The van der Waals surface area contributed by atoms with Crippen molar-refractivity contribution >= 4 is 11.9 Å². The Morgan fingerprint density at radius 1 is 0.759 bits per heavy atom. The van der Waals surface area contributed by atoms with Crippen LogP contribution in [0.15, 0.2) is 5.11 Å². The molecule has 0 saturated heterocycles. The summed E-state index contributed by atoms with van der Waals surface area (Å²) in [4.78, 5) is 26.4. The van der Waals surface area contributed by atoms with Crippen LogP contribution in [0, 0.1) is 44.4 Å². The van der Waals surface area contributed by atoms with Crippen molar-refractivity contribution in [2.24, 2.45) is 28.8 Å². The Bertz CT molecular complexity index is 1380. The average Bonchev–Trinajstić information content (AvgIpc) is 3.17. The molecule has 1 heterocycles. The zero-order valence-electron chi connectivity index (χ0n) is 37.2. The maximum absolute atomic E-state index is 12.6. The summed E-state index contributed by atoms with van der Waals surface area (Å²) in [7, 11) is 0. The lowest BCUT2D eigenvalue weighted by molar-refractivity contribution is -0.142. The molecule has 0 aromatic heterocycles. The van der Waals surface area contributed by atoms with Gasteiger partial charge < -0.3 is 38.3 Å². The number of nitrogens with zero attached hydrogens (tertiary/aromatic N) is 3. The molecule has 0 bridgehead atoms. The predicted molar refractivity (Wildman–Crippen MR) is 227 cm³/mol. The van der Waals surface area contributed by atoms with Crippen LogP contribution in [0.1, 0.15) is 134 Å². The second-order valence-electron chi connectivity index (χ2n) is 16.9. The summed E-state index contributed by atoms with van der Waals surface area (Å²) in [6, 6.07) is 0. The number of rotatable bonds is 34. The SMILES string of the molecule is Cc1c(C)c2c(c(C)c1OC(=O)CCC(=O)O)CC(CCOCCOCCOCCOCCOCCN=[N+]=[N-])[C@@](C)(CCC[C@H](C)CCC[C@H](C)CCCC(C)C)O2. The summed E-state index contributed by atoms with van der Waals surface area (Å²) in [6.07, 6.45) is 12.2. The van der Waals surface area contributed by atoms with E-state index in [1.165, 1.54) is 44.9 Å². The number of carbonyl (C=O) groups is 2. The van der Waals surface area contributed by atoms with E-state index in [0.717, 1.165) is 65.5 Å². The first-order chi connectivity index (χ1) is 27.8. The lowest BCUT2D eigenvalue weighted by Crippen LogP contribution is -2.46. The van der Waals surface area contributed by atoms with Crippen molar-refractivity contribution < 1.29 is 47.9 Å². The van der Waals surface area contributed by atoms with E-state index >= 15 is 0 Å². The van der Waals surface area contributed by atoms with Crippen molar-refractivity contribution in [3.05, 3.63) is 32.7 Å². The molecule has 13 nitrogen and oxygen atoms in total. The van der Waals surface area contributed by atoms with Gasteiger partial charge in [0.25, 0.3) is 0 Å². The second-order valence-corrected chi connectivity index (χ2v) is 16.9. The van der Waals surface area contributed by atoms with Crippen LogP contribution >= 0.6 is 0 Å². The van der Waals surface area contributed by atoms with Crippen molar-refractivity contribution in [3.8, 4) is 11.5 Å². The number of hydrogen-bond acceptors (Lipinski definition) is 10. The van der Waals surface area contributed by atoms with Crippen LogP contribution in [0.3, 0.4) is 0 Å². The molecule has 1 aromatic rings. The second kappa shape index (κ2) is 29.3. The van der Waals surface area contributed by atoms with Gasteiger partial charge in [-0.15, -0.1) is 0 Å². The first kappa shape index (κ1) is 51.2. The summed E-state index contributed by atoms with van der Waals surface area (Å²) < 4.78 is 41.0. The Morgan fingerprint density at radius 2 is 1.28 bits per heavy atom. The van der Waals surface area contributed by atoms with E-state index < -0.39 is 11.9 Å². The maximum Gasteiger partial charge on any atom is 0.311 e. The van der Waals surface area contributed by atoms with E-state index in [9.17, 15) is 9.59 Å². The van der Waals surface area contributed by atoms with Gasteiger partial charge in [0, 0.05) is 29.5 Å². The highest BCUT2D eigenvalue weighted by atomic mass is 16.6. The quantitative estimate of drug-likeness (QED) is 0.0176. The number of esters is 1. The van der Waals surface area contributed by atoms with E-state index in [2.05, 4.69) is 44.6 Å². The van der Waals surface area contributed by atoms with Gasteiger partial charge in [-0.2, -0.15) is 0 Å². The minimum Gasteiger partial charge on any atom is -0.487 e. The third-order valence-electron chi connectivity index (χ3n) is 11.5. The highest BCUT2D eigenvalue weighted by molar-refractivity contribution is 5.79. The summed E-state index contributed by atoms with van der Waals surface area (Å²) >= 11 is 0. The molecule has 13 heteroatoms. The van der Waals surface area contributed by atoms with Gasteiger partial charge in [-0.1, -0.05) is 77.8 Å². The lowest BCUT2D eigenvalue weighted by atomic mass is 9.74. The third-order valence-corrected chi connectivity index (χ3v) is 11.5. The first-order valence-corrected chi connectivity index (χ1v) is 21.9. The zero-order chi connectivity index (χ0) is 42.8. The molecule has 0 fully saturated rings. The van der Waals surface area contributed by atoms with Gasteiger partial charge in [0.15, 0.2) is 0 Å². The summed E-state index contributed by atoms with van der Waals surface area (Å²) in [6.45, 7) is 22.6. The Hall–Kier alpha value is -2.93. The molecule has 2 rings (SSSR count). The number of hydrogen-bond donors (Lipinski definition) is 1. The molecule has 1 aromatic carbocycles. The Labute approximate surface area is 349 Å². The molecule has 1 aliphatic heterocycles. The van der Waals surface area contributed by atoms with E-state index in [-0.39, 0.29) is 24.4 Å². The van der Waals surface area contributed by atoms with Crippen molar-refractivity contribution in [1.29, 1.82) is 0 Å². The minimum atomic E-state index is -1.03. The zero-order valence-corrected chi connectivity index (χ0v) is 37.2. The van der Waals surface area contributed by atoms with E-state index in [1.807, 2.05) is 20.8 Å². The van der Waals surface area contributed by atoms with Crippen LogP contribution in [0.25, 0.3) is 10.4 Å². The molecule has 0 aliphatic carbocycles. The Morgan fingerprint density at radius 3 is 1.81 bits per heavy atom. The van der Waals surface area contributed by atoms with Crippen LogP contribution in [-0.4, -0.2) is 95.3 Å². The van der Waals surface area contributed by atoms with Gasteiger partial charge in [0.1, 0.15) is 17.1 Å². The molecule has 1 N–H and O–H groups in total. The lowest BCUT2D eigenvalue weighted by Gasteiger charge is -2.44. The van der Waals surface area contributed by atoms with Crippen LogP contribution in [0.5, 0.6) is 11.5 Å². The maximum atomic E-state index is 12.6. The molecule has 332 valence electrons. The molecule has 0 amide bonds. The number of benzene rings is 1. The standard InChI is InChI=1S/C45H77N3O10/c1-33(2)12-9-13-34(3)14-10-15-35(4)16-11-20-45(8)39(19-22-52-24-26-54-28-30-56-31-29-55-27-25-53-23-21-47-48-46)32-40-38(7)43(36(5)37(6)44(40)58-45)57-42(51)18-17-41(49)50/h33-35,39H,9-32H2,1-8H3,(H,49,50)/t34-,35-,39?,45-/m1/s1. The number of carboxylic acids is 1. The minimum absolute atomic E-state index is 0.180. The van der Waals surface area contributed by atoms with E-state index in [1.54, 1.807) is 0 Å². The molecule has 1 unspecified atom stereocenters. The summed E-state index contributed by atoms with van der Waals surface area (Å²) in [5, 5.41) is 12.5. The highest BCUT2D eigenvalue weighted by Gasteiger charge is 2.42. The molecule has 58 heavy (non-hydrogen) atoms. The number of carboxylic acid groups (broad SMARTS) is 1. The van der Waals surface area contributed by atoms with Gasteiger partial charge in [0.05, 0.1) is 72.3 Å². The fourth-order valence-corrected chi connectivity index (χ4v) is 7.64. The van der Waals surface area contributed by atoms with Gasteiger partial charge in [-0.3, -0.25) is 9.59 Å². The van der Waals surface area contributed by atoms with Crippen molar-refractivity contribution in [1.82, 2.24) is 0 Å². The molecular formula is C45H77N3O10. The number of aliphatic carboxylic acids is 1. The van der Waals surface area contributed by atoms with Crippen LogP contribution in [0.2, 0.25) is 0 Å². The molecule has 0 radical (unpaired) electrons. The third kappa shape index (κ3) is 20.4. The smallest absolute Gasteiger partial charge is 0.311 e. The van der Waals surface area contributed by atoms with Gasteiger partial charge in [-0.25, -0.2) is 0 Å². The van der Waals surface area contributed by atoms with Crippen molar-refractivity contribution in [2.45, 2.75) is 144 Å². The topological polar surface area (TPSA) is 168 Å². The van der Waals surface area contributed by atoms with E-state index in [4.69, 9.17) is 43.8 Å². The van der Waals surface area contributed by atoms with Crippen LogP contribution in [0.4, 0.5) is 0 Å². The highest BCUT2D eigenvalue weighted by Crippen LogP contribution is 2.48. The van der Waals surface area contributed by atoms with Gasteiger partial charge in [0.2, 0.25) is 0 Å². The Kier molecular flexibility index (Phi) is 25.9. The molecule has 0 saturated carbocycles. The van der Waals surface area contributed by atoms with Crippen LogP contribution < -0.4 is 9.47 Å². The molecular weight excluding hydrogens is 743 g/mol. The largest absolute Gasteiger partial charge is 0.487 e. The van der Waals surface area contributed by atoms with Gasteiger partial charge in [-0.05, 0) is 93.4 Å². The molecule has 4 atom stereocenters. The fraction of sp³-hybridized carbons (Fsp3) is 0.822. The number of azide groups is 1. The fourth-order valence-electron chi connectivity index (χ4n) is 7.64. The number of fused-ring (bicyclic) bond motifs is 1. The first-order valence-electron chi connectivity index (χ1n) is 21.9. The Balaban J connectivity index is 1.91. The van der Waals surface area contributed by atoms with Crippen molar-refractivity contribution in [3.63, 3.8) is 0 Å². The molecule has 1 aliphatic rings. The summed E-state index contributed by atoms with van der Waals surface area (Å²) in [5.74, 6) is 2.25. The predicted octanol–water partition coefficient (Wildman–Crippen LogP) is 9.91. The van der Waals surface area contributed by atoms with Crippen LogP contribution in [-0.2, 0) is 39.7 Å². The number of carbonyl (C=O) groups excluding carboxylic acids is 1. The average molecular weight is 820 g/mol. The monoisotopic (exact) mass is 820 g/mol. The van der Waals surface area contributed by atoms with Crippen molar-refractivity contribution in [2.75, 3.05) is 72.6 Å². The number of ether oxygens (including phenoxy) is 7. The summed E-state index contributed by atoms with van der Waals surface area (Å²) in [5.41, 5.74) is 11.6. The molecule has 0 spiro atoms. The van der Waals surface area contributed by atoms with Gasteiger partial charge >= 0.3 is 11.9 Å². The normalized spacial score (nSPS) is 17.4.